The molecule has 1 aromatic carbocycles. The highest BCUT2D eigenvalue weighted by atomic mass is 79.9. The normalized spacial score (nSPS) is 11.1. The van der Waals surface area contributed by atoms with E-state index in [4.69, 9.17) is 4.52 Å². The third-order valence-corrected chi connectivity index (χ3v) is 3.98. The lowest BCUT2D eigenvalue weighted by atomic mass is 10.1. The number of aryl methyl sites for hydroxylation is 2. The van der Waals surface area contributed by atoms with Crippen molar-refractivity contribution in [3.63, 3.8) is 0 Å². The number of aromatic nitrogens is 2. The van der Waals surface area contributed by atoms with E-state index in [0.717, 1.165) is 15.6 Å². The Morgan fingerprint density at radius 1 is 1.35 bits per heavy atom. The van der Waals surface area contributed by atoms with E-state index in [-0.39, 0.29) is 11.7 Å². The summed E-state index contributed by atoms with van der Waals surface area (Å²) in [5, 5.41) is 3.71. The summed E-state index contributed by atoms with van der Waals surface area (Å²) < 4.78 is 30.1. The van der Waals surface area contributed by atoms with Crippen LogP contribution in [-0.4, -0.2) is 22.3 Å². The molecule has 2 rings (SSSR count). The molecule has 0 bridgehead atoms. The van der Waals surface area contributed by atoms with Gasteiger partial charge in [0.15, 0.2) is 0 Å². The first kappa shape index (κ1) is 14.8. The number of hydrogen-bond acceptors (Lipinski definition) is 4. The lowest BCUT2D eigenvalue weighted by Gasteiger charge is -2.04. The second kappa shape index (κ2) is 5.78. The van der Waals surface area contributed by atoms with Crippen LogP contribution in [0.25, 0.3) is 11.4 Å². The topological polar surface area (TPSA) is 56.0 Å². The molecule has 106 valence electrons. The van der Waals surface area contributed by atoms with E-state index in [1.807, 2.05) is 26.0 Å². The molecule has 0 fully saturated rings. The van der Waals surface area contributed by atoms with Crippen molar-refractivity contribution in [2.45, 2.75) is 26.7 Å². The van der Waals surface area contributed by atoms with E-state index in [1.165, 1.54) is 0 Å². The number of nitrogens with zero attached hydrogens (tertiary/aromatic N) is 2. The predicted molar refractivity (Wildman–Crippen MR) is 71.6 cm³/mol. The smallest absolute Gasteiger partial charge is 0.296 e. The Morgan fingerprint density at radius 3 is 2.50 bits per heavy atom. The fourth-order valence-corrected chi connectivity index (χ4v) is 1.97. The van der Waals surface area contributed by atoms with Gasteiger partial charge in [0.1, 0.15) is 0 Å². The van der Waals surface area contributed by atoms with E-state index < -0.39 is 18.6 Å². The molecule has 0 spiro atoms. The van der Waals surface area contributed by atoms with E-state index in [1.54, 1.807) is 0 Å². The van der Waals surface area contributed by atoms with Crippen LogP contribution >= 0.6 is 15.9 Å². The van der Waals surface area contributed by atoms with Crippen molar-refractivity contribution in [1.29, 1.82) is 0 Å². The number of Topliss-reactive ketones (excluding diaryl/α,β-unsaturated/α-hetero) is 1. The molecule has 4 nitrogen and oxygen atoms in total. The summed E-state index contributed by atoms with van der Waals surface area (Å²) in [6, 6.07) is 3.70. The maximum atomic E-state index is 12.1. The lowest BCUT2D eigenvalue weighted by Crippen LogP contribution is -2.12. The van der Waals surface area contributed by atoms with Gasteiger partial charge in [-0.25, -0.2) is 8.78 Å². The number of alkyl halides is 2. The molecule has 0 aliphatic heterocycles. The molecule has 1 aromatic heterocycles. The number of ketones is 1. The lowest BCUT2D eigenvalue weighted by molar-refractivity contribution is -0.129. The Balaban J connectivity index is 2.27. The minimum Gasteiger partial charge on any atom is -0.338 e. The molecular formula is C13H11BrF2N2O2. The molecule has 0 aliphatic rings. The molecule has 0 radical (unpaired) electrons. The zero-order chi connectivity index (χ0) is 14.9. The minimum atomic E-state index is -3.03. The van der Waals surface area contributed by atoms with Crippen molar-refractivity contribution in [1.82, 2.24) is 10.1 Å². The first-order valence-electron chi connectivity index (χ1n) is 5.79. The summed E-state index contributed by atoms with van der Waals surface area (Å²) in [7, 11) is 0. The van der Waals surface area contributed by atoms with E-state index in [9.17, 15) is 13.6 Å². The van der Waals surface area contributed by atoms with Crippen molar-refractivity contribution in [2.75, 3.05) is 0 Å². The highest BCUT2D eigenvalue weighted by Gasteiger charge is 2.20. The quantitative estimate of drug-likeness (QED) is 0.851. The molecule has 0 aliphatic carbocycles. The number of halogens is 3. The fraction of sp³-hybridized carbons (Fsp3) is 0.308. The number of hydrogen-bond donors (Lipinski definition) is 0. The largest absolute Gasteiger partial charge is 0.338 e. The first-order valence-corrected chi connectivity index (χ1v) is 6.58. The molecule has 1 heterocycles. The van der Waals surface area contributed by atoms with Gasteiger partial charge in [0, 0.05) is 10.0 Å². The van der Waals surface area contributed by atoms with Gasteiger partial charge < -0.3 is 4.52 Å². The van der Waals surface area contributed by atoms with Gasteiger partial charge >= 0.3 is 0 Å². The monoisotopic (exact) mass is 344 g/mol. The highest BCUT2D eigenvalue weighted by molar-refractivity contribution is 9.10. The van der Waals surface area contributed by atoms with Gasteiger partial charge in [-0.05, 0) is 37.1 Å². The third-order valence-electron chi connectivity index (χ3n) is 2.73. The number of carbonyl (C=O) groups is 1. The maximum absolute atomic E-state index is 12.1. The van der Waals surface area contributed by atoms with Crippen LogP contribution in [0.5, 0.6) is 0 Å². The molecule has 0 atom stereocenters. The average molecular weight is 345 g/mol. The van der Waals surface area contributed by atoms with Gasteiger partial charge in [0.2, 0.25) is 17.5 Å². The predicted octanol–water partition coefficient (Wildman–Crippen LogP) is 3.49. The second-order valence-corrected chi connectivity index (χ2v) is 5.17. The van der Waals surface area contributed by atoms with Crippen LogP contribution in [-0.2, 0) is 11.2 Å². The molecular weight excluding hydrogens is 334 g/mol. The molecule has 0 saturated carbocycles. The Morgan fingerprint density at radius 2 is 1.95 bits per heavy atom. The van der Waals surface area contributed by atoms with Gasteiger partial charge in [-0.1, -0.05) is 21.1 Å². The van der Waals surface area contributed by atoms with Gasteiger partial charge in [-0.3, -0.25) is 4.79 Å². The van der Waals surface area contributed by atoms with Crippen molar-refractivity contribution in [2.24, 2.45) is 0 Å². The van der Waals surface area contributed by atoms with Gasteiger partial charge in [-0.2, -0.15) is 4.98 Å². The average Bonchev–Trinajstić information content (AvgIpc) is 2.83. The molecule has 7 heteroatoms. The van der Waals surface area contributed by atoms with Crippen LogP contribution in [0, 0.1) is 13.8 Å². The van der Waals surface area contributed by atoms with E-state index >= 15 is 0 Å². The number of rotatable bonds is 4. The van der Waals surface area contributed by atoms with Crippen LogP contribution in [0.2, 0.25) is 0 Å². The Labute approximate surface area is 122 Å². The van der Waals surface area contributed by atoms with Gasteiger partial charge in [0.05, 0.1) is 6.42 Å². The first-order chi connectivity index (χ1) is 9.38. The Hall–Kier alpha value is -1.63. The summed E-state index contributed by atoms with van der Waals surface area (Å²) in [5.74, 6) is -1.06. The summed E-state index contributed by atoms with van der Waals surface area (Å²) in [6.07, 6.45) is -3.58. The Bertz CT molecular complexity index is 633. The summed E-state index contributed by atoms with van der Waals surface area (Å²) >= 11 is 3.45. The molecule has 0 unspecified atom stereocenters. The minimum absolute atomic E-state index is 0.108. The van der Waals surface area contributed by atoms with Crippen LogP contribution in [0.4, 0.5) is 8.78 Å². The fourth-order valence-electron chi connectivity index (χ4n) is 1.75. The molecule has 0 amide bonds. The maximum Gasteiger partial charge on any atom is 0.296 e. The molecule has 0 saturated heterocycles. The van der Waals surface area contributed by atoms with Crippen molar-refractivity contribution in [3.8, 4) is 11.4 Å². The zero-order valence-electron chi connectivity index (χ0n) is 10.8. The van der Waals surface area contributed by atoms with Crippen molar-refractivity contribution in [3.05, 3.63) is 33.6 Å². The zero-order valence-corrected chi connectivity index (χ0v) is 12.4. The van der Waals surface area contributed by atoms with Crippen molar-refractivity contribution >= 4 is 21.7 Å². The third kappa shape index (κ3) is 3.09. The SMILES string of the molecule is Cc1cc(-c2noc(CC(=O)C(F)F)n2)cc(C)c1Br. The highest BCUT2D eigenvalue weighted by Crippen LogP contribution is 2.27. The van der Waals surface area contributed by atoms with Crippen LogP contribution < -0.4 is 0 Å². The van der Waals surface area contributed by atoms with Gasteiger partial charge in [-0.15, -0.1) is 0 Å². The van der Waals surface area contributed by atoms with Gasteiger partial charge in [0.25, 0.3) is 6.43 Å². The Kier molecular flexibility index (Phi) is 4.27. The van der Waals surface area contributed by atoms with Crippen LogP contribution in [0.15, 0.2) is 21.1 Å². The summed E-state index contributed by atoms with van der Waals surface area (Å²) in [5.41, 5.74) is 2.70. The second-order valence-electron chi connectivity index (χ2n) is 4.38. The van der Waals surface area contributed by atoms with Crippen molar-refractivity contribution < 1.29 is 18.1 Å². The molecule has 20 heavy (non-hydrogen) atoms. The van der Waals surface area contributed by atoms with E-state index in [0.29, 0.717) is 5.56 Å². The number of carbonyl (C=O) groups excluding carboxylic acids is 1. The molecule has 2 aromatic rings. The van der Waals surface area contributed by atoms with E-state index in [2.05, 4.69) is 26.1 Å². The summed E-state index contributed by atoms with van der Waals surface area (Å²) in [6.45, 7) is 3.84. The number of benzene rings is 1. The summed E-state index contributed by atoms with van der Waals surface area (Å²) in [4.78, 5) is 14.9. The van der Waals surface area contributed by atoms with Crippen LogP contribution in [0.3, 0.4) is 0 Å². The standard InChI is InChI=1S/C13H11BrF2N2O2/c1-6-3-8(4-7(2)11(6)14)13-17-10(20-18-13)5-9(19)12(15)16/h3-4,12H,5H2,1-2H3. The molecule has 0 N–H and O–H groups in total. The van der Waals surface area contributed by atoms with Crippen LogP contribution in [0.1, 0.15) is 17.0 Å².